The summed E-state index contributed by atoms with van der Waals surface area (Å²) in [5, 5.41) is 18.8. The summed E-state index contributed by atoms with van der Waals surface area (Å²) in [6, 6.07) is 0. The van der Waals surface area contributed by atoms with Crippen molar-refractivity contribution in [3.05, 3.63) is 0 Å². The second-order valence-electron chi connectivity index (χ2n) is 1.39. The first-order valence-electron chi connectivity index (χ1n) is 2.97. The molecule has 0 heterocycles. The minimum absolute atomic E-state index is 0. The molecule has 5 heteroatoms. The van der Waals surface area contributed by atoms with E-state index in [1.54, 1.807) is 0 Å². The number of hydrogen-bond acceptors (Lipinski definition) is 4. The Kier molecular flexibility index (Phi) is 36.2. The summed E-state index contributed by atoms with van der Waals surface area (Å²) in [5.41, 5.74) is 0. The average Bonchev–Trinajstić information content (AvgIpc) is 1.93. The van der Waals surface area contributed by atoms with E-state index in [4.69, 9.17) is 0 Å². The summed E-state index contributed by atoms with van der Waals surface area (Å²) in [7, 11) is 3.02. The van der Waals surface area contributed by atoms with Gasteiger partial charge in [0.15, 0.2) is 0 Å². The van der Waals surface area contributed by atoms with E-state index in [0.717, 1.165) is 0 Å². The Balaban J connectivity index is -0.0000000267. The van der Waals surface area contributed by atoms with Crippen LogP contribution in [0.2, 0.25) is 0 Å². The van der Waals surface area contributed by atoms with Crippen LogP contribution in [-0.2, 0) is 9.47 Å². The fourth-order valence-corrected chi connectivity index (χ4v) is 0.167. The molecule has 0 unspecified atom stereocenters. The number of rotatable bonds is 4. The molecule has 0 aliphatic heterocycles. The van der Waals surface area contributed by atoms with Crippen molar-refractivity contribution < 1.29 is 22.5 Å². The van der Waals surface area contributed by atoms with E-state index in [9.17, 15) is 10.2 Å². The first-order chi connectivity index (χ1) is 4.83. The van der Waals surface area contributed by atoms with Crippen molar-refractivity contribution >= 4 is 27.3 Å². The molecule has 0 saturated heterocycles. The maximum atomic E-state index is 9.40. The van der Waals surface area contributed by atoms with Gasteiger partial charge in [0.05, 0.1) is 0 Å². The van der Waals surface area contributed by atoms with Gasteiger partial charge in [-0.3, -0.25) is 0 Å². The Morgan fingerprint density at radius 1 is 1.00 bits per heavy atom. The molecule has 0 aromatic carbocycles. The van der Waals surface area contributed by atoms with Crippen LogP contribution in [0.3, 0.4) is 0 Å². The predicted molar refractivity (Wildman–Crippen MR) is 43.5 cm³/mol. The fraction of sp³-hybridized carbons (Fsp3) is 1.00. The summed E-state index contributed by atoms with van der Waals surface area (Å²) in [5.74, 6) is 0. The van der Waals surface area contributed by atoms with E-state index >= 15 is 0 Å². The Labute approximate surface area is 90.6 Å². The SMILES string of the molecule is COCC[O-].COCC[O-].[HH].[HH].[Pb+2]. The largest absolute Gasteiger partial charge is 2.00 e. The van der Waals surface area contributed by atoms with Crippen LogP contribution in [0, 0.1) is 0 Å². The van der Waals surface area contributed by atoms with Crippen LogP contribution >= 0.6 is 0 Å². The zero-order valence-electron chi connectivity index (χ0n) is 6.96. The van der Waals surface area contributed by atoms with Crippen LogP contribution in [0.15, 0.2) is 0 Å². The van der Waals surface area contributed by atoms with Crippen LogP contribution in [0.5, 0.6) is 0 Å². The summed E-state index contributed by atoms with van der Waals surface area (Å²) in [4.78, 5) is 0. The molecular formula is C6H18O4Pb. The maximum absolute atomic E-state index is 9.40. The molecule has 0 fully saturated rings. The molecule has 2 radical (unpaired) electrons. The summed E-state index contributed by atoms with van der Waals surface area (Å²) in [6.45, 7) is 0.410. The molecule has 0 aromatic heterocycles. The van der Waals surface area contributed by atoms with Crippen LogP contribution in [0.4, 0.5) is 0 Å². The summed E-state index contributed by atoms with van der Waals surface area (Å²) in [6.07, 6.45) is 0. The van der Waals surface area contributed by atoms with Crippen molar-refractivity contribution in [2.75, 3.05) is 40.6 Å². The van der Waals surface area contributed by atoms with Gasteiger partial charge in [0, 0.05) is 30.3 Å². The third kappa shape index (κ3) is 36.4. The van der Waals surface area contributed by atoms with Gasteiger partial charge in [-0.1, -0.05) is 0 Å². The molecule has 0 N–H and O–H groups in total. The van der Waals surface area contributed by atoms with Gasteiger partial charge in [-0.25, -0.2) is 0 Å². The van der Waals surface area contributed by atoms with E-state index in [0.29, 0.717) is 13.2 Å². The van der Waals surface area contributed by atoms with Gasteiger partial charge in [0.2, 0.25) is 0 Å². The smallest absolute Gasteiger partial charge is 0.853 e. The normalized spacial score (nSPS) is 7.64. The van der Waals surface area contributed by atoms with Crippen molar-refractivity contribution in [2.45, 2.75) is 0 Å². The first kappa shape index (κ1) is 17.7. The Morgan fingerprint density at radius 3 is 1.27 bits per heavy atom. The van der Waals surface area contributed by atoms with Crippen molar-refractivity contribution in [1.29, 1.82) is 0 Å². The first-order valence-corrected chi connectivity index (χ1v) is 2.97. The molecule has 0 rings (SSSR count). The molecular weight excluding hydrogens is 343 g/mol. The molecule has 4 nitrogen and oxygen atoms in total. The number of ether oxygens (including phenoxy) is 2. The summed E-state index contributed by atoms with van der Waals surface area (Å²) >= 11 is 0. The van der Waals surface area contributed by atoms with Crippen LogP contribution in [-0.4, -0.2) is 67.9 Å². The molecule has 0 saturated carbocycles. The van der Waals surface area contributed by atoms with Gasteiger partial charge >= 0.3 is 27.3 Å². The molecule has 0 spiro atoms. The fourth-order valence-electron chi connectivity index (χ4n) is 0.167. The van der Waals surface area contributed by atoms with E-state index in [2.05, 4.69) is 9.47 Å². The molecule has 0 aliphatic rings. The molecule has 0 amide bonds. The standard InChI is InChI=1S/2C3H7O2.Pb.2H2/c2*1-5-3-2-4;;;/h2*2-3H2,1H3;;2*1H/q2*-1;+2;;. The Bertz CT molecular complexity index is 43.6. The third-order valence-electron chi connectivity index (χ3n) is 0.575. The zero-order valence-corrected chi connectivity index (χ0v) is 10.8. The third-order valence-corrected chi connectivity index (χ3v) is 0.575. The van der Waals surface area contributed by atoms with Gasteiger partial charge in [-0.2, -0.15) is 0 Å². The Morgan fingerprint density at radius 2 is 1.27 bits per heavy atom. The van der Waals surface area contributed by atoms with Gasteiger partial charge in [-0.15, -0.1) is 13.2 Å². The number of methoxy groups -OCH3 is 2. The molecule has 0 aromatic rings. The van der Waals surface area contributed by atoms with Gasteiger partial charge in [0.1, 0.15) is 0 Å². The van der Waals surface area contributed by atoms with Crippen molar-refractivity contribution in [3.8, 4) is 0 Å². The quantitative estimate of drug-likeness (QED) is 0.549. The van der Waals surface area contributed by atoms with Crippen LogP contribution < -0.4 is 10.2 Å². The van der Waals surface area contributed by atoms with E-state index in [1.165, 1.54) is 14.2 Å². The summed E-state index contributed by atoms with van der Waals surface area (Å²) < 4.78 is 8.76. The van der Waals surface area contributed by atoms with E-state index < -0.39 is 0 Å². The number of hydrogen-bond donors (Lipinski definition) is 0. The second-order valence-corrected chi connectivity index (χ2v) is 1.39. The van der Waals surface area contributed by atoms with E-state index in [1.807, 2.05) is 0 Å². The van der Waals surface area contributed by atoms with Crippen LogP contribution in [0.1, 0.15) is 2.85 Å². The predicted octanol–water partition coefficient (Wildman–Crippen LogP) is -1.90. The topological polar surface area (TPSA) is 64.6 Å². The second kappa shape index (κ2) is 22.4. The van der Waals surface area contributed by atoms with Gasteiger partial charge < -0.3 is 19.7 Å². The maximum Gasteiger partial charge on any atom is 2.00 e. The van der Waals surface area contributed by atoms with Crippen molar-refractivity contribution in [3.63, 3.8) is 0 Å². The minimum Gasteiger partial charge on any atom is -0.853 e. The molecule has 0 atom stereocenters. The van der Waals surface area contributed by atoms with Crippen molar-refractivity contribution in [1.82, 2.24) is 0 Å². The molecule has 0 aliphatic carbocycles. The molecule has 0 bridgehead atoms. The minimum atomic E-state index is -0.128. The average molecular weight is 361 g/mol. The monoisotopic (exact) mass is 362 g/mol. The molecule has 11 heavy (non-hydrogen) atoms. The van der Waals surface area contributed by atoms with Crippen LogP contribution in [0.25, 0.3) is 0 Å². The Hall–Kier alpha value is 0.762. The zero-order chi connectivity index (χ0) is 8.24. The van der Waals surface area contributed by atoms with Gasteiger partial charge in [0.25, 0.3) is 0 Å². The van der Waals surface area contributed by atoms with Crippen molar-refractivity contribution in [2.24, 2.45) is 0 Å². The molecule has 70 valence electrons. The van der Waals surface area contributed by atoms with Gasteiger partial charge in [-0.05, 0) is 0 Å². The van der Waals surface area contributed by atoms with E-state index in [-0.39, 0.29) is 43.4 Å².